The fourth-order valence-corrected chi connectivity index (χ4v) is 5.04. The highest BCUT2D eigenvalue weighted by molar-refractivity contribution is 6.21. The summed E-state index contributed by atoms with van der Waals surface area (Å²) in [4.78, 5) is 4.80. The number of imidazole rings is 1. The van der Waals surface area contributed by atoms with Crippen LogP contribution >= 0.6 is 0 Å². The van der Waals surface area contributed by atoms with E-state index in [9.17, 15) is 0 Å². The van der Waals surface area contributed by atoms with Gasteiger partial charge < -0.3 is 0 Å². The standard InChI is InChI=1S/C32H22N2/c1-21-33-29-19-8-9-20-30(29)34(21)32-27-16-6-4-14-25(27)31(26-15-5-7-17-28(26)32)24-18-10-12-22-11-2-3-13-23(22)24/h2-20H,1H3/i2D,3D,10D,11D,12D,13D,18D. The fourth-order valence-electron chi connectivity index (χ4n) is 5.04. The lowest BCUT2D eigenvalue weighted by molar-refractivity contribution is 1.02. The van der Waals surface area contributed by atoms with Gasteiger partial charge >= 0.3 is 0 Å². The molecule has 0 amide bonds. The quantitative estimate of drug-likeness (QED) is 0.246. The number of nitrogens with zero attached hydrogens (tertiary/aromatic N) is 2. The van der Waals surface area contributed by atoms with Gasteiger partial charge in [0.2, 0.25) is 0 Å². The number of aromatic nitrogens is 2. The van der Waals surface area contributed by atoms with E-state index in [1.165, 1.54) is 0 Å². The topological polar surface area (TPSA) is 17.8 Å². The van der Waals surface area contributed by atoms with E-state index >= 15 is 0 Å². The predicted molar refractivity (Wildman–Crippen MR) is 144 cm³/mol. The molecule has 0 unspecified atom stereocenters. The van der Waals surface area contributed by atoms with Crippen LogP contribution in [0.5, 0.6) is 0 Å². The maximum Gasteiger partial charge on any atom is 0.111 e. The Hall–Kier alpha value is -4.43. The van der Waals surface area contributed by atoms with Crippen molar-refractivity contribution >= 4 is 43.4 Å². The Labute approximate surface area is 207 Å². The third-order valence-electron chi connectivity index (χ3n) is 6.42. The lowest BCUT2D eigenvalue weighted by Gasteiger charge is -2.20. The van der Waals surface area contributed by atoms with Gasteiger partial charge in [-0.1, -0.05) is 103 Å². The zero-order chi connectivity index (χ0) is 28.7. The van der Waals surface area contributed by atoms with Gasteiger partial charge in [-0.05, 0) is 51.7 Å². The van der Waals surface area contributed by atoms with Crippen LogP contribution in [0.25, 0.3) is 60.2 Å². The molecule has 0 atom stereocenters. The van der Waals surface area contributed by atoms with Crippen molar-refractivity contribution < 1.29 is 9.60 Å². The van der Waals surface area contributed by atoms with Gasteiger partial charge in [0, 0.05) is 10.8 Å². The minimum absolute atomic E-state index is 0.0549. The SMILES string of the molecule is [2H]c1c([2H])c([2H])c2c(-c3c4ccccc4c(-n4c(C)nc5ccccc54)c4ccccc34)c([2H])c([2H])c([2H])c2c1[2H]. The molecule has 7 rings (SSSR count). The summed E-state index contributed by atoms with van der Waals surface area (Å²) in [6, 6.07) is 20.8. The van der Waals surface area contributed by atoms with E-state index in [1.807, 2.05) is 79.7 Å². The summed E-state index contributed by atoms with van der Waals surface area (Å²) < 4.78 is 62.5. The number of fused-ring (bicyclic) bond motifs is 4. The molecular weight excluding hydrogens is 412 g/mol. The largest absolute Gasteiger partial charge is 0.295 e. The first kappa shape index (κ1) is 13.3. The van der Waals surface area contributed by atoms with E-state index in [4.69, 9.17) is 14.6 Å². The second-order valence-electron chi connectivity index (χ2n) is 8.30. The second-order valence-corrected chi connectivity index (χ2v) is 8.30. The Morgan fingerprint density at radius 1 is 0.647 bits per heavy atom. The molecular formula is C32H22N2. The smallest absolute Gasteiger partial charge is 0.111 e. The summed E-state index contributed by atoms with van der Waals surface area (Å²) in [6.07, 6.45) is 0. The average Bonchev–Trinajstić information content (AvgIpc) is 3.32. The second kappa shape index (κ2) is 7.29. The van der Waals surface area contributed by atoms with Crippen LogP contribution in [0.15, 0.2) is 115 Å². The van der Waals surface area contributed by atoms with Crippen LogP contribution < -0.4 is 0 Å². The van der Waals surface area contributed by atoms with E-state index < -0.39 is 12.1 Å². The van der Waals surface area contributed by atoms with Gasteiger partial charge in [0.1, 0.15) is 5.82 Å². The number of para-hydroxylation sites is 2. The summed E-state index contributed by atoms with van der Waals surface area (Å²) in [7, 11) is 0. The maximum absolute atomic E-state index is 9.06. The van der Waals surface area contributed by atoms with Gasteiger partial charge in [0.15, 0.2) is 0 Å². The number of hydrogen-bond acceptors (Lipinski definition) is 1. The highest BCUT2D eigenvalue weighted by Crippen LogP contribution is 2.43. The number of rotatable bonds is 2. The van der Waals surface area contributed by atoms with Crippen molar-refractivity contribution in [3.05, 3.63) is 121 Å². The Morgan fingerprint density at radius 3 is 2.03 bits per heavy atom. The van der Waals surface area contributed by atoms with Crippen LogP contribution in [0.2, 0.25) is 0 Å². The molecule has 0 aliphatic carbocycles. The van der Waals surface area contributed by atoms with E-state index in [0.717, 1.165) is 44.1 Å². The van der Waals surface area contributed by atoms with E-state index in [2.05, 4.69) is 4.57 Å². The van der Waals surface area contributed by atoms with Crippen LogP contribution in [-0.2, 0) is 0 Å². The first-order valence-electron chi connectivity index (χ1n) is 14.6. The molecule has 2 heteroatoms. The van der Waals surface area contributed by atoms with Crippen LogP contribution in [0, 0.1) is 6.92 Å². The van der Waals surface area contributed by atoms with Gasteiger partial charge in [0.05, 0.1) is 26.3 Å². The third-order valence-corrected chi connectivity index (χ3v) is 6.42. The molecule has 6 aromatic carbocycles. The van der Waals surface area contributed by atoms with Crippen molar-refractivity contribution in [3.8, 4) is 16.8 Å². The molecule has 0 saturated carbocycles. The van der Waals surface area contributed by atoms with E-state index in [0.29, 0.717) is 5.56 Å². The molecule has 0 saturated heterocycles. The lowest BCUT2D eigenvalue weighted by atomic mass is 9.88. The van der Waals surface area contributed by atoms with Crippen molar-refractivity contribution in [2.24, 2.45) is 0 Å². The molecule has 0 radical (unpaired) electrons. The molecule has 7 aromatic rings. The van der Waals surface area contributed by atoms with Crippen LogP contribution in [-0.4, -0.2) is 9.55 Å². The Morgan fingerprint density at radius 2 is 1.26 bits per heavy atom. The van der Waals surface area contributed by atoms with E-state index in [1.54, 1.807) is 0 Å². The minimum Gasteiger partial charge on any atom is -0.295 e. The van der Waals surface area contributed by atoms with Crippen molar-refractivity contribution in [3.63, 3.8) is 0 Å². The van der Waals surface area contributed by atoms with Crippen LogP contribution in [0.4, 0.5) is 0 Å². The highest BCUT2D eigenvalue weighted by atomic mass is 15.1. The summed E-state index contributed by atoms with van der Waals surface area (Å²) in [5.41, 5.74) is 3.53. The van der Waals surface area contributed by atoms with Gasteiger partial charge in [-0.3, -0.25) is 4.57 Å². The van der Waals surface area contributed by atoms with Crippen LogP contribution in [0.1, 0.15) is 15.4 Å². The average molecular weight is 442 g/mol. The molecule has 0 spiro atoms. The van der Waals surface area contributed by atoms with Crippen LogP contribution in [0.3, 0.4) is 0 Å². The van der Waals surface area contributed by atoms with E-state index in [-0.39, 0.29) is 46.5 Å². The van der Waals surface area contributed by atoms with Crippen molar-refractivity contribution in [1.82, 2.24) is 9.55 Å². The molecule has 0 N–H and O–H groups in total. The zero-order valence-corrected chi connectivity index (χ0v) is 18.3. The predicted octanol–water partition coefficient (Wildman–Crippen LogP) is 8.46. The minimum atomic E-state index is -0.466. The Balaban J connectivity index is 1.77. The first-order valence-corrected chi connectivity index (χ1v) is 11.1. The molecule has 1 heterocycles. The van der Waals surface area contributed by atoms with Crippen molar-refractivity contribution in [2.75, 3.05) is 0 Å². The summed E-state index contributed by atoms with van der Waals surface area (Å²) in [6.45, 7) is 1.96. The molecule has 0 aliphatic heterocycles. The zero-order valence-electron chi connectivity index (χ0n) is 25.3. The normalized spacial score (nSPS) is 14.6. The van der Waals surface area contributed by atoms with Gasteiger partial charge in [-0.25, -0.2) is 4.98 Å². The van der Waals surface area contributed by atoms with Gasteiger partial charge in [0.25, 0.3) is 0 Å². The maximum atomic E-state index is 9.06. The summed E-state index contributed by atoms with van der Waals surface area (Å²) in [5, 5.41) is 3.27. The Kier molecular flexibility index (Phi) is 2.86. The van der Waals surface area contributed by atoms with Crippen molar-refractivity contribution in [2.45, 2.75) is 6.92 Å². The molecule has 2 nitrogen and oxygen atoms in total. The number of hydrogen-bond donors (Lipinski definition) is 0. The molecule has 0 fully saturated rings. The third kappa shape index (κ3) is 2.66. The molecule has 34 heavy (non-hydrogen) atoms. The molecule has 160 valence electrons. The molecule has 1 aromatic heterocycles. The lowest BCUT2D eigenvalue weighted by Crippen LogP contribution is -2.01. The molecule has 0 aliphatic rings. The van der Waals surface area contributed by atoms with Crippen molar-refractivity contribution in [1.29, 1.82) is 0 Å². The fraction of sp³-hybridized carbons (Fsp3) is 0.0312. The highest BCUT2D eigenvalue weighted by Gasteiger charge is 2.20. The van der Waals surface area contributed by atoms with Gasteiger partial charge in [-0.15, -0.1) is 0 Å². The summed E-state index contributed by atoms with van der Waals surface area (Å²) >= 11 is 0. The monoisotopic (exact) mass is 441 g/mol. The number of benzene rings is 6. The van der Waals surface area contributed by atoms with Gasteiger partial charge in [-0.2, -0.15) is 0 Å². The first-order chi connectivity index (χ1) is 19.7. The number of aryl methyl sites for hydroxylation is 1. The Bertz CT molecular complexity index is 2190. The molecule has 0 bridgehead atoms. The summed E-state index contributed by atoms with van der Waals surface area (Å²) in [5.74, 6) is 0.807.